The lowest BCUT2D eigenvalue weighted by Crippen LogP contribution is -2.42. The number of benzene rings is 2. The monoisotopic (exact) mass is 432 g/mol. The third-order valence-corrected chi connectivity index (χ3v) is 6.56. The Bertz CT molecular complexity index is 1050. The van der Waals surface area contributed by atoms with Crippen molar-refractivity contribution in [3.05, 3.63) is 94.6 Å². The summed E-state index contributed by atoms with van der Waals surface area (Å²) in [4.78, 5) is 6.83. The number of aromatic nitrogens is 1. The number of likely N-dealkylation sites (tertiary alicyclic amines) is 1. The quantitative estimate of drug-likeness (QED) is 0.453. The van der Waals surface area contributed by atoms with Crippen molar-refractivity contribution in [3.8, 4) is 11.6 Å². The second-order valence-corrected chi connectivity index (χ2v) is 8.68. The van der Waals surface area contributed by atoms with Gasteiger partial charge >= 0.3 is 0 Å². The van der Waals surface area contributed by atoms with Crippen LogP contribution in [0.5, 0.6) is 11.6 Å². The van der Waals surface area contributed by atoms with Crippen LogP contribution >= 0.6 is 11.6 Å². The number of para-hydroxylation sites is 1. The number of nitrogens with zero attached hydrogens (tertiary/aromatic N) is 2. The topological polar surface area (TPSA) is 45.6 Å². The van der Waals surface area contributed by atoms with Crippen molar-refractivity contribution < 1.29 is 9.84 Å². The maximum absolute atomic E-state index is 11.1. The second-order valence-electron chi connectivity index (χ2n) is 8.24. The van der Waals surface area contributed by atoms with Gasteiger partial charge in [0.2, 0.25) is 5.88 Å². The number of fused-ring (bicyclic) bond motifs is 2. The molecule has 1 fully saturated rings. The van der Waals surface area contributed by atoms with Gasteiger partial charge in [-0.1, -0.05) is 48.0 Å². The van der Waals surface area contributed by atoms with Gasteiger partial charge in [0.15, 0.2) is 0 Å². The van der Waals surface area contributed by atoms with E-state index in [4.69, 9.17) is 16.3 Å². The van der Waals surface area contributed by atoms with Gasteiger partial charge in [-0.3, -0.25) is 0 Å². The smallest absolute Gasteiger partial charge is 0.227 e. The fraction of sp³-hybridized carbons (Fsp3) is 0.269. The highest BCUT2D eigenvalue weighted by atomic mass is 35.5. The number of hydrogen-bond donors (Lipinski definition) is 1. The molecule has 5 heteroatoms. The maximum Gasteiger partial charge on any atom is 0.227 e. The van der Waals surface area contributed by atoms with Crippen molar-refractivity contribution in [2.24, 2.45) is 0 Å². The third kappa shape index (κ3) is 4.11. The summed E-state index contributed by atoms with van der Waals surface area (Å²) in [5.74, 6) is 1.52. The Labute approximate surface area is 187 Å². The summed E-state index contributed by atoms with van der Waals surface area (Å²) in [6.07, 6.45) is 6.45. The number of pyridine rings is 1. The third-order valence-electron chi connectivity index (χ3n) is 6.30. The minimum atomic E-state index is -0.760. The van der Waals surface area contributed by atoms with Crippen molar-refractivity contribution in [2.45, 2.75) is 24.9 Å². The Kier molecular flexibility index (Phi) is 5.53. The Hall–Kier alpha value is -2.66. The molecule has 5 rings (SSSR count). The van der Waals surface area contributed by atoms with Gasteiger partial charge in [-0.15, -0.1) is 0 Å². The number of aliphatic hydroxyl groups is 1. The largest absolute Gasteiger partial charge is 0.438 e. The Morgan fingerprint density at radius 1 is 1.00 bits per heavy atom. The van der Waals surface area contributed by atoms with Crippen LogP contribution in [0.1, 0.15) is 36.0 Å². The summed E-state index contributed by atoms with van der Waals surface area (Å²) in [5.41, 5.74) is 3.53. The van der Waals surface area contributed by atoms with Crippen LogP contribution in [-0.2, 0) is 5.60 Å². The summed E-state index contributed by atoms with van der Waals surface area (Å²) in [7, 11) is 0. The van der Waals surface area contributed by atoms with E-state index in [9.17, 15) is 5.11 Å². The van der Waals surface area contributed by atoms with Crippen LogP contribution < -0.4 is 4.74 Å². The first-order valence-corrected chi connectivity index (χ1v) is 11.1. The van der Waals surface area contributed by atoms with Gasteiger partial charge in [0.25, 0.3) is 0 Å². The fourth-order valence-corrected chi connectivity index (χ4v) is 4.64. The highest BCUT2D eigenvalue weighted by molar-refractivity contribution is 6.30. The molecule has 0 aliphatic carbocycles. The zero-order valence-corrected chi connectivity index (χ0v) is 18.1. The van der Waals surface area contributed by atoms with Crippen molar-refractivity contribution in [1.29, 1.82) is 0 Å². The van der Waals surface area contributed by atoms with Gasteiger partial charge < -0.3 is 14.7 Å². The van der Waals surface area contributed by atoms with Gasteiger partial charge in [-0.05, 0) is 60.7 Å². The number of rotatable bonds is 4. The summed E-state index contributed by atoms with van der Waals surface area (Å²) in [6.45, 7) is 2.71. The molecular weight excluding hydrogens is 408 g/mol. The zero-order valence-electron chi connectivity index (χ0n) is 17.3. The maximum atomic E-state index is 11.1. The van der Waals surface area contributed by atoms with E-state index in [-0.39, 0.29) is 0 Å². The van der Waals surface area contributed by atoms with E-state index in [1.165, 1.54) is 5.57 Å². The van der Waals surface area contributed by atoms with Crippen LogP contribution in [0.4, 0.5) is 0 Å². The minimum absolute atomic E-state index is 0.665. The van der Waals surface area contributed by atoms with E-state index in [1.54, 1.807) is 6.20 Å². The van der Waals surface area contributed by atoms with Crippen LogP contribution in [0.2, 0.25) is 5.02 Å². The molecule has 0 spiro atoms. The molecule has 0 saturated carbocycles. The summed E-state index contributed by atoms with van der Waals surface area (Å²) in [6, 6.07) is 19.7. The molecule has 1 saturated heterocycles. The lowest BCUT2D eigenvalue weighted by Gasteiger charge is -2.38. The molecule has 4 nitrogen and oxygen atoms in total. The lowest BCUT2D eigenvalue weighted by molar-refractivity contribution is -0.0254. The first kappa shape index (κ1) is 20.3. The molecule has 0 amide bonds. The normalized spacial score (nSPS) is 18.8. The molecule has 0 unspecified atom stereocenters. The average molecular weight is 433 g/mol. The molecule has 1 N–H and O–H groups in total. The standard InChI is InChI=1S/C26H25ClN2O2/c27-20-11-9-19(10-12-20)26(30)13-17-29(18-14-26)16-4-7-21-22-5-1-2-8-24(22)31-25-23(21)6-3-15-28-25/h1-3,5-12,15,30H,4,13-14,16-18H2. The molecule has 2 aliphatic heterocycles. The summed E-state index contributed by atoms with van der Waals surface area (Å²) in [5, 5.41) is 11.8. The van der Waals surface area contributed by atoms with Crippen molar-refractivity contribution in [1.82, 2.24) is 9.88 Å². The zero-order chi connectivity index (χ0) is 21.3. The highest BCUT2D eigenvalue weighted by Gasteiger charge is 2.33. The van der Waals surface area contributed by atoms with E-state index in [2.05, 4.69) is 28.1 Å². The van der Waals surface area contributed by atoms with E-state index < -0.39 is 5.60 Å². The fourth-order valence-electron chi connectivity index (χ4n) is 4.51. The molecular formula is C26H25ClN2O2. The molecule has 2 aliphatic rings. The number of ether oxygens (including phenoxy) is 1. The van der Waals surface area contributed by atoms with Crippen molar-refractivity contribution >= 4 is 17.2 Å². The molecule has 3 aromatic rings. The first-order chi connectivity index (χ1) is 15.1. The molecule has 3 heterocycles. The van der Waals surface area contributed by atoms with E-state index in [0.717, 1.165) is 61.3 Å². The van der Waals surface area contributed by atoms with Gasteiger partial charge in [-0.25, -0.2) is 4.98 Å². The van der Waals surface area contributed by atoms with Gasteiger partial charge in [-0.2, -0.15) is 0 Å². The van der Waals surface area contributed by atoms with Crippen LogP contribution in [-0.4, -0.2) is 34.6 Å². The molecule has 31 heavy (non-hydrogen) atoms. The van der Waals surface area contributed by atoms with E-state index >= 15 is 0 Å². The first-order valence-electron chi connectivity index (χ1n) is 10.8. The molecule has 0 atom stereocenters. The predicted molar refractivity (Wildman–Crippen MR) is 123 cm³/mol. The van der Waals surface area contributed by atoms with Crippen LogP contribution in [0, 0.1) is 0 Å². The SMILES string of the molecule is OC1(c2ccc(Cl)cc2)CCN(CCC=C2c3ccccc3Oc3ncccc32)CC1. The van der Waals surface area contributed by atoms with Crippen molar-refractivity contribution in [2.75, 3.05) is 19.6 Å². The number of piperidine rings is 1. The van der Waals surface area contributed by atoms with Crippen LogP contribution in [0.3, 0.4) is 0 Å². The summed E-state index contributed by atoms with van der Waals surface area (Å²) >= 11 is 6.00. The highest BCUT2D eigenvalue weighted by Crippen LogP contribution is 2.42. The van der Waals surface area contributed by atoms with E-state index in [0.29, 0.717) is 10.9 Å². The Morgan fingerprint density at radius 3 is 2.55 bits per heavy atom. The Balaban J connectivity index is 1.26. The number of halogens is 1. The molecule has 158 valence electrons. The molecule has 0 bridgehead atoms. The molecule has 0 radical (unpaired) electrons. The van der Waals surface area contributed by atoms with E-state index in [1.807, 2.05) is 48.5 Å². The second kappa shape index (κ2) is 8.46. The predicted octanol–water partition coefficient (Wildman–Crippen LogP) is 5.65. The number of hydrogen-bond acceptors (Lipinski definition) is 4. The summed E-state index contributed by atoms with van der Waals surface area (Å²) < 4.78 is 5.98. The van der Waals surface area contributed by atoms with Crippen molar-refractivity contribution in [3.63, 3.8) is 0 Å². The lowest BCUT2D eigenvalue weighted by atomic mass is 9.84. The van der Waals surface area contributed by atoms with Crippen LogP contribution in [0.15, 0.2) is 72.9 Å². The van der Waals surface area contributed by atoms with Gasteiger partial charge in [0, 0.05) is 42.0 Å². The van der Waals surface area contributed by atoms with Gasteiger partial charge in [0.1, 0.15) is 5.75 Å². The Morgan fingerprint density at radius 2 is 1.74 bits per heavy atom. The average Bonchev–Trinajstić information content (AvgIpc) is 2.80. The molecule has 2 aromatic carbocycles. The molecule has 1 aromatic heterocycles. The minimum Gasteiger partial charge on any atom is -0.438 e. The van der Waals surface area contributed by atoms with Gasteiger partial charge in [0.05, 0.1) is 5.60 Å². The van der Waals surface area contributed by atoms with Crippen LogP contribution in [0.25, 0.3) is 5.57 Å².